The molecule has 0 saturated carbocycles. The normalized spacial score (nSPS) is 20.1. The van der Waals surface area contributed by atoms with Gasteiger partial charge in [0.05, 0.1) is 18.1 Å². The van der Waals surface area contributed by atoms with E-state index in [1.54, 1.807) is 6.92 Å². The van der Waals surface area contributed by atoms with Crippen molar-refractivity contribution in [2.45, 2.75) is 17.9 Å². The number of hydrogen-bond donors (Lipinski definition) is 2. The van der Waals surface area contributed by atoms with E-state index in [1.165, 1.54) is 24.3 Å². The summed E-state index contributed by atoms with van der Waals surface area (Å²) in [7, 11) is -3.81. The Labute approximate surface area is 123 Å². The fourth-order valence-corrected chi connectivity index (χ4v) is 3.69. The Morgan fingerprint density at radius 1 is 1.43 bits per heavy atom. The Kier molecular flexibility index (Phi) is 4.81. The number of rotatable bonds is 4. The lowest BCUT2D eigenvalue weighted by molar-refractivity contribution is -0.129. The average molecular weight is 314 g/mol. The van der Waals surface area contributed by atoms with E-state index in [2.05, 4.69) is 5.32 Å². The summed E-state index contributed by atoms with van der Waals surface area (Å²) in [6.07, 6.45) is 0. The zero-order chi connectivity index (χ0) is 15.5. The molecule has 1 aromatic carbocycles. The molecule has 1 saturated heterocycles. The monoisotopic (exact) mass is 314 g/mol. The lowest BCUT2D eigenvalue weighted by atomic mass is 10.2. The minimum Gasteiger partial charge on any atom is -0.508 e. The molecule has 0 aromatic heterocycles. The predicted molar refractivity (Wildman–Crippen MR) is 75.3 cm³/mol. The molecule has 0 bridgehead atoms. The van der Waals surface area contributed by atoms with Crippen LogP contribution in [0, 0.1) is 0 Å². The maximum absolute atomic E-state index is 12.6. The van der Waals surface area contributed by atoms with Crippen LogP contribution in [0.5, 0.6) is 5.75 Å². The van der Waals surface area contributed by atoms with Gasteiger partial charge in [-0.15, -0.1) is 0 Å². The largest absolute Gasteiger partial charge is 0.508 e. The van der Waals surface area contributed by atoms with Crippen LogP contribution < -0.4 is 5.32 Å². The van der Waals surface area contributed by atoms with Crippen molar-refractivity contribution in [1.82, 2.24) is 9.62 Å². The van der Waals surface area contributed by atoms with Crippen LogP contribution >= 0.6 is 0 Å². The lowest BCUT2D eigenvalue weighted by Gasteiger charge is -2.33. The molecule has 0 radical (unpaired) electrons. The molecule has 1 atom stereocenters. The van der Waals surface area contributed by atoms with Crippen LogP contribution in [-0.4, -0.2) is 56.1 Å². The molecule has 1 aromatic rings. The molecule has 2 N–H and O–H groups in total. The van der Waals surface area contributed by atoms with Gasteiger partial charge in [0, 0.05) is 13.1 Å². The van der Waals surface area contributed by atoms with Gasteiger partial charge in [0.25, 0.3) is 0 Å². The number of sulfonamides is 1. The first-order chi connectivity index (χ1) is 9.96. The number of phenolic OH excluding ortho intramolecular Hbond substituents is 1. The third-order valence-electron chi connectivity index (χ3n) is 3.18. The van der Waals surface area contributed by atoms with Gasteiger partial charge in [0.1, 0.15) is 11.8 Å². The highest BCUT2D eigenvalue weighted by molar-refractivity contribution is 7.89. The maximum atomic E-state index is 12.6. The summed E-state index contributed by atoms with van der Waals surface area (Å²) in [5, 5.41) is 11.9. The van der Waals surface area contributed by atoms with E-state index < -0.39 is 16.1 Å². The van der Waals surface area contributed by atoms with Crippen LogP contribution in [0.2, 0.25) is 0 Å². The van der Waals surface area contributed by atoms with Gasteiger partial charge >= 0.3 is 0 Å². The molecule has 1 amide bonds. The zero-order valence-electron chi connectivity index (χ0n) is 11.7. The van der Waals surface area contributed by atoms with Crippen molar-refractivity contribution in [1.29, 1.82) is 0 Å². The number of nitrogens with one attached hydrogen (secondary N) is 1. The topological polar surface area (TPSA) is 95.9 Å². The highest BCUT2D eigenvalue weighted by Crippen LogP contribution is 2.22. The van der Waals surface area contributed by atoms with Crippen molar-refractivity contribution in [2.75, 3.05) is 26.3 Å². The summed E-state index contributed by atoms with van der Waals surface area (Å²) < 4.78 is 31.6. The standard InChI is InChI=1S/C13H18N2O5S/c1-2-14-13(17)12-9-20-8-7-15(12)21(18,19)11-5-3-10(16)4-6-11/h3-6,12,16H,2,7-9H2,1H3,(H,14,17). The van der Waals surface area contributed by atoms with Gasteiger partial charge in [-0.1, -0.05) is 0 Å². The van der Waals surface area contributed by atoms with Gasteiger partial charge in [0.15, 0.2) is 0 Å². The van der Waals surface area contributed by atoms with Crippen molar-refractivity contribution in [3.05, 3.63) is 24.3 Å². The number of morpholine rings is 1. The molecule has 8 heteroatoms. The van der Waals surface area contributed by atoms with Gasteiger partial charge in [-0.3, -0.25) is 4.79 Å². The first-order valence-electron chi connectivity index (χ1n) is 6.63. The van der Waals surface area contributed by atoms with E-state index in [0.717, 1.165) is 4.31 Å². The van der Waals surface area contributed by atoms with E-state index in [1.807, 2.05) is 0 Å². The fraction of sp³-hybridized carbons (Fsp3) is 0.462. The fourth-order valence-electron chi connectivity index (χ4n) is 2.13. The van der Waals surface area contributed by atoms with Crippen LogP contribution in [0.15, 0.2) is 29.2 Å². The molecule has 1 unspecified atom stereocenters. The lowest BCUT2D eigenvalue weighted by Crippen LogP contribution is -2.55. The zero-order valence-corrected chi connectivity index (χ0v) is 12.5. The summed E-state index contributed by atoms with van der Waals surface area (Å²) in [6, 6.07) is 4.35. The highest BCUT2D eigenvalue weighted by Gasteiger charge is 2.38. The Bertz CT molecular complexity index is 599. The number of nitrogens with zero attached hydrogens (tertiary/aromatic N) is 1. The van der Waals surface area contributed by atoms with Crippen molar-refractivity contribution in [2.24, 2.45) is 0 Å². The number of phenols is 1. The first-order valence-corrected chi connectivity index (χ1v) is 8.07. The van der Waals surface area contributed by atoms with Gasteiger partial charge in [0.2, 0.25) is 15.9 Å². The number of carbonyl (C=O) groups excluding carboxylic acids is 1. The van der Waals surface area contributed by atoms with Gasteiger partial charge in [-0.05, 0) is 31.2 Å². The molecular weight excluding hydrogens is 296 g/mol. The number of aromatic hydroxyl groups is 1. The van der Waals surface area contributed by atoms with E-state index in [9.17, 15) is 18.3 Å². The van der Waals surface area contributed by atoms with Gasteiger partial charge in [-0.2, -0.15) is 4.31 Å². The molecule has 0 spiro atoms. The quantitative estimate of drug-likeness (QED) is 0.810. The smallest absolute Gasteiger partial charge is 0.243 e. The number of carbonyl (C=O) groups is 1. The summed E-state index contributed by atoms with van der Waals surface area (Å²) in [6.45, 7) is 2.57. The van der Waals surface area contributed by atoms with Crippen LogP contribution in [0.1, 0.15) is 6.92 Å². The number of likely N-dealkylation sites (N-methyl/N-ethyl adjacent to an activating group) is 1. The second kappa shape index (κ2) is 6.42. The summed E-state index contributed by atoms with van der Waals surface area (Å²) in [5.41, 5.74) is 0. The summed E-state index contributed by atoms with van der Waals surface area (Å²) in [4.78, 5) is 12.0. The second-order valence-corrected chi connectivity index (χ2v) is 6.49. The Hall–Kier alpha value is -1.64. The van der Waals surface area contributed by atoms with Gasteiger partial charge in [-0.25, -0.2) is 8.42 Å². The van der Waals surface area contributed by atoms with E-state index >= 15 is 0 Å². The Balaban J connectivity index is 2.31. The molecule has 1 heterocycles. The number of amides is 1. The Morgan fingerprint density at radius 2 is 2.10 bits per heavy atom. The van der Waals surface area contributed by atoms with E-state index in [-0.39, 0.29) is 36.3 Å². The van der Waals surface area contributed by atoms with Crippen molar-refractivity contribution < 1.29 is 23.1 Å². The van der Waals surface area contributed by atoms with Crippen molar-refractivity contribution in [3.8, 4) is 5.75 Å². The first kappa shape index (κ1) is 15.7. The average Bonchev–Trinajstić information content (AvgIpc) is 2.48. The molecule has 1 aliphatic rings. The van der Waals surface area contributed by atoms with Gasteiger partial charge < -0.3 is 15.2 Å². The van der Waals surface area contributed by atoms with Crippen LogP contribution in [-0.2, 0) is 19.6 Å². The Morgan fingerprint density at radius 3 is 2.71 bits per heavy atom. The minimum atomic E-state index is -3.81. The molecule has 21 heavy (non-hydrogen) atoms. The minimum absolute atomic E-state index is 0.0174. The number of hydrogen-bond acceptors (Lipinski definition) is 5. The maximum Gasteiger partial charge on any atom is 0.243 e. The number of ether oxygens (including phenoxy) is 1. The third-order valence-corrected chi connectivity index (χ3v) is 5.10. The van der Waals surface area contributed by atoms with Crippen LogP contribution in [0.4, 0.5) is 0 Å². The van der Waals surface area contributed by atoms with Crippen LogP contribution in [0.3, 0.4) is 0 Å². The third kappa shape index (κ3) is 3.34. The molecule has 2 rings (SSSR count). The summed E-state index contributed by atoms with van der Waals surface area (Å²) >= 11 is 0. The van der Waals surface area contributed by atoms with Crippen molar-refractivity contribution >= 4 is 15.9 Å². The molecule has 1 aliphatic heterocycles. The molecule has 0 aliphatic carbocycles. The van der Waals surface area contributed by atoms with E-state index in [0.29, 0.717) is 6.54 Å². The summed E-state index contributed by atoms with van der Waals surface area (Å²) in [5.74, 6) is -0.393. The SMILES string of the molecule is CCNC(=O)C1COCCN1S(=O)(=O)c1ccc(O)cc1. The molecule has 1 fully saturated rings. The van der Waals surface area contributed by atoms with E-state index in [4.69, 9.17) is 4.74 Å². The second-order valence-electron chi connectivity index (χ2n) is 4.59. The molecular formula is C13H18N2O5S. The van der Waals surface area contributed by atoms with Crippen molar-refractivity contribution in [3.63, 3.8) is 0 Å². The highest BCUT2D eigenvalue weighted by atomic mass is 32.2. The molecule has 116 valence electrons. The number of benzene rings is 1. The molecule has 7 nitrogen and oxygen atoms in total. The van der Waals surface area contributed by atoms with Crippen LogP contribution in [0.25, 0.3) is 0 Å². The predicted octanol–water partition coefficient (Wildman–Crippen LogP) is -0.0822.